The zero-order valence-electron chi connectivity index (χ0n) is 10.6. The van der Waals surface area contributed by atoms with Crippen molar-refractivity contribution in [2.75, 3.05) is 0 Å². The molecule has 2 heterocycles. The lowest BCUT2D eigenvalue weighted by Crippen LogP contribution is -2.46. The first kappa shape index (κ1) is 12.8. The molecule has 0 saturated carbocycles. The molecule has 3 rings (SSSR count). The van der Waals surface area contributed by atoms with E-state index in [0.29, 0.717) is 12.2 Å². The summed E-state index contributed by atoms with van der Waals surface area (Å²) in [5, 5.41) is 9.06. The molecule has 0 spiro atoms. The first-order valence-electron chi connectivity index (χ1n) is 6.16. The van der Waals surface area contributed by atoms with Crippen LogP contribution in [0.3, 0.4) is 0 Å². The highest BCUT2D eigenvalue weighted by Gasteiger charge is 2.52. The summed E-state index contributed by atoms with van der Waals surface area (Å²) < 4.78 is 10.4. The van der Waals surface area contributed by atoms with Crippen molar-refractivity contribution in [1.29, 1.82) is 0 Å². The van der Waals surface area contributed by atoms with Crippen molar-refractivity contribution in [2.24, 2.45) is 0 Å². The summed E-state index contributed by atoms with van der Waals surface area (Å²) in [5.41, 5.74) is 1.25. The third-order valence-corrected chi connectivity index (χ3v) is 3.39. The minimum Gasteiger partial charge on any atom is -0.479 e. The lowest BCUT2D eigenvalue weighted by atomic mass is 10.1. The number of carboxylic acid groups (broad SMARTS) is 1. The molecule has 0 unspecified atom stereocenters. The van der Waals surface area contributed by atoms with Crippen LogP contribution >= 0.6 is 0 Å². The molecule has 6 heteroatoms. The van der Waals surface area contributed by atoms with Gasteiger partial charge < -0.3 is 19.5 Å². The van der Waals surface area contributed by atoms with E-state index in [-0.39, 0.29) is 0 Å². The van der Waals surface area contributed by atoms with E-state index in [2.05, 4.69) is 6.58 Å². The number of rotatable bonds is 3. The molecule has 1 aromatic rings. The van der Waals surface area contributed by atoms with E-state index in [0.717, 1.165) is 5.56 Å². The highest BCUT2D eigenvalue weighted by Crippen LogP contribution is 2.34. The van der Waals surface area contributed by atoms with Gasteiger partial charge in [0.25, 0.3) is 5.91 Å². The van der Waals surface area contributed by atoms with E-state index in [1.807, 2.05) is 30.3 Å². The first-order valence-corrected chi connectivity index (χ1v) is 6.16. The van der Waals surface area contributed by atoms with Crippen molar-refractivity contribution < 1.29 is 24.2 Å². The molecule has 2 bridgehead atoms. The van der Waals surface area contributed by atoms with Gasteiger partial charge >= 0.3 is 5.97 Å². The molecule has 0 aromatic heterocycles. The van der Waals surface area contributed by atoms with Gasteiger partial charge in [-0.25, -0.2) is 4.79 Å². The topological polar surface area (TPSA) is 76.1 Å². The molecule has 2 aliphatic heterocycles. The van der Waals surface area contributed by atoms with Crippen LogP contribution in [0.1, 0.15) is 5.56 Å². The first-order chi connectivity index (χ1) is 9.58. The zero-order valence-corrected chi connectivity index (χ0v) is 10.6. The van der Waals surface area contributed by atoms with Crippen LogP contribution < -0.4 is 0 Å². The van der Waals surface area contributed by atoms with Crippen LogP contribution in [-0.2, 0) is 25.6 Å². The Labute approximate surface area is 115 Å². The van der Waals surface area contributed by atoms with Crippen LogP contribution in [-0.4, -0.2) is 40.4 Å². The second-order valence-electron chi connectivity index (χ2n) is 4.68. The van der Waals surface area contributed by atoms with Gasteiger partial charge in [0.1, 0.15) is 6.10 Å². The zero-order chi connectivity index (χ0) is 14.3. The number of benzene rings is 1. The van der Waals surface area contributed by atoms with Crippen molar-refractivity contribution in [3.8, 4) is 0 Å². The Bertz CT molecular complexity index is 570. The van der Waals surface area contributed by atoms with Crippen molar-refractivity contribution in [3.63, 3.8) is 0 Å². The summed E-state index contributed by atoms with van der Waals surface area (Å²) in [6.45, 7) is 4.11. The standard InChI is InChI=1S/C14H13NO5/c1-8-10-11(13(17)18)20-14(19-10)12(16)15(8)7-9-5-3-2-4-6-9/h2-6,10-11,14H,1,7H2,(H,17,18)/t10-,11-,14+/m0/s1. The fraction of sp³-hybridized carbons (Fsp3) is 0.286. The number of hydrogen-bond acceptors (Lipinski definition) is 4. The lowest BCUT2D eigenvalue weighted by Gasteiger charge is -2.32. The van der Waals surface area contributed by atoms with Gasteiger partial charge in [0.15, 0.2) is 6.10 Å². The minimum atomic E-state index is -1.18. The Hall–Kier alpha value is -2.18. The van der Waals surface area contributed by atoms with Crippen molar-refractivity contribution in [2.45, 2.75) is 25.0 Å². The molecule has 1 N–H and O–H groups in total. The molecular formula is C14H13NO5. The number of ether oxygens (including phenoxy) is 2. The Morgan fingerprint density at radius 2 is 2.00 bits per heavy atom. The van der Waals surface area contributed by atoms with Crippen LogP contribution in [0.15, 0.2) is 42.6 Å². The number of carbonyl (C=O) groups excluding carboxylic acids is 1. The quantitative estimate of drug-likeness (QED) is 0.880. The predicted octanol–water partition coefficient (Wildman–Crippen LogP) is 0.737. The molecule has 2 saturated heterocycles. The monoisotopic (exact) mass is 275 g/mol. The third kappa shape index (κ3) is 1.99. The Balaban J connectivity index is 1.85. The maximum atomic E-state index is 12.2. The molecule has 2 aliphatic rings. The van der Waals surface area contributed by atoms with Gasteiger partial charge in [0.2, 0.25) is 6.29 Å². The second kappa shape index (κ2) is 4.73. The van der Waals surface area contributed by atoms with E-state index in [9.17, 15) is 9.59 Å². The number of amides is 1. The van der Waals surface area contributed by atoms with Gasteiger partial charge in [-0.05, 0) is 5.56 Å². The van der Waals surface area contributed by atoms with E-state index < -0.39 is 30.4 Å². The SMILES string of the molecule is C=C1[C@@H]2O[C@H](O[C@@H]2C(=O)O)C(=O)N1Cc1ccccc1. The molecular weight excluding hydrogens is 262 g/mol. The molecule has 0 radical (unpaired) electrons. The lowest BCUT2D eigenvalue weighted by molar-refractivity contribution is -0.168. The number of hydrogen-bond donors (Lipinski definition) is 1. The van der Waals surface area contributed by atoms with E-state index >= 15 is 0 Å². The highest BCUT2D eigenvalue weighted by molar-refractivity contribution is 5.85. The largest absolute Gasteiger partial charge is 0.479 e. The molecule has 20 heavy (non-hydrogen) atoms. The van der Waals surface area contributed by atoms with Gasteiger partial charge in [0.05, 0.1) is 6.54 Å². The van der Waals surface area contributed by atoms with Gasteiger partial charge in [0, 0.05) is 5.70 Å². The normalized spacial score (nSPS) is 28.8. The summed E-state index contributed by atoms with van der Waals surface area (Å²) in [5.74, 6) is -1.58. The molecule has 1 aromatic carbocycles. The van der Waals surface area contributed by atoms with Gasteiger partial charge in [-0.15, -0.1) is 0 Å². The maximum absolute atomic E-state index is 12.2. The number of fused-ring (bicyclic) bond motifs is 2. The van der Waals surface area contributed by atoms with Crippen LogP contribution in [0.2, 0.25) is 0 Å². The molecule has 1 amide bonds. The van der Waals surface area contributed by atoms with Crippen molar-refractivity contribution in [1.82, 2.24) is 4.90 Å². The van der Waals surface area contributed by atoms with Crippen molar-refractivity contribution >= 4 is 11.9 Å². The number of carboxylic acids is 1. The van der Waals surface area contributed by atoms with Crippen molar-refractivity contribution in [3.05, 3.63) is 48.2 Å². The van der Waals surface area contributed by atoms with Gasteiger partial charge in [-0.2, -0.15) is 0 Å². The van der Waals surface area contributed by atoms with Crippen LogP contribution in [0.4, 0.5) is 0 Å². The number of carbonyl (C=O) groups is 2. The van der Waals surface area contributed by atoms with Gasteiger partial charge in [-0.1, -0.05) is 36.9 Å². The molecule has 104 valence electrons. The summed E-state index contributed by atoms with van der Waals surface area (Å²) >= 11 is 0. The van der Waals surface area contributed by atoms with Crippen LogP contribution in [0.5, 0.6) is 0 Å². The Morgan fingerprint density at radius 1 is 1.30 bits per heavy atom. The second-order valence-corrected chi connectivity index (χ2v) is 4.68. The van der Waals surface area contributed by atoms with Crippen LogP contribution in [0, 0.1) is 0 Å². The average molecular weight is 275 g/mol. The summed E-state index contributed by atoms with van der Waals surface area (Å²) in [4.78, 5) is 24.7. The minimum absolute atomic E-state index is 0.319. The molecule has 6 nitrogen and oxygen atoms in total. The predicted molar refractivity (Wildman–Crippen MR) is 67.3 cm³/mol. The molecule has 0 aliphatic carbocycles. The summed E-state index contributed by atoms with van der Waals surface area (Å²) in [6.07, 6.45) is -3.16. The van der Waals surface area contributed by atoms with E-state index in [1.165, 1.54) is 4.90 Å². The Morgan fingerprint density at radius 3 is 2.65 bits per heavy atom. The summed E-state index contributed by atoms with van der Waals surface area (Å²) in [7, 11) is 0. The third-order valence-electron chi connectivity index (χ3n) is 3.39. The highest BCUT2D eigenvalue weighted by atomic mass is 16.7. The Kier molecular flexibility index (Phi) is 3.04. The average Bonchev–Trinajstić information content (AvgIpc) is 2.85. The smallest absolute Gasteiger partial charge is 0.336 e. The van der Waals surface area contributed by atoms with E-state index in [1.54, 1.807) is 0 Å². The fourth-order valence-electron chi connectivity index (χ4n) is 2.37. The van der Waals surface area contributed by atoms with Gasteiger partial charge in [-0.3, -0.25) is 4.79 Å². The maximum Gasteiger partial charge on any atom is 0.336 e. The van der Waals surface area contributed by atoms with E-state index in [4.69, 9.17) is 14.6 Å². The number of nitrogens with zero attached hydrogens (tertiary/aromatic N) is 1. The van der Waals surface area contributed by atoms with Crippen LogP contribution in [0.25, 0.3) is 0 Å². The summed E-state index contributed by atoms with van der Waals surface area (Å²) in [6, 6.07) is 9.38. The fourth-order valence-corrected chi connectivity index (χ4v) is 2.37. The number of aliphatic carboxylic acids is 1. The number of morpholine rings is 1. The molecule has 2 fully saturated rings. The molecule has 3 atom stereocenters.